The Morgan fingerprint density at radius 2 is 0.901 bits per heavy atom. The Kier molecular flexibility index (Phi) is 22.5. The van der Waals surface area contributed by atoms with Crippen molar-refractivity contribution in [3.05, 3.63) is 184 Å². The van der Waals surface area contributed by atoms with Gasteiger partial charge in [0.25, 0.3) is 5.69 Å². The van der Waals surface area contributed by atoms with Gasteiger partial charge in [-0.15, -0.1) is 12.4 Å². The van der Waals surface area contributed by atoms with E-state index in [2.05, 4.69) is 21.3 Å². The third-order valence-electron chi connectivity index (χ3n) is 11.2. The fourth-order valence-corrected chi connectivity index (χ4v) is 7.57. The molecule has 4 aliphatic rings. The van der Waals surface area contributed by atoms with Gasteiger partial charge < -0.3 is 60.3 Å². The van der Waals surface area contributed by atoms with Crippen molar-refractivity contribution < 1.29 is 63.1 Å². The summed E-state index contributed by atoms with van der Waals surface area (Å²) in [6.45, 7) is 3.16. The molecule has 7 N–H and O–H groups in total. The predicted octanol–water partition coefficient (Wildman–Crippen LogP) is 3.61. The van der Waals surface area contributed by atoms with E-state index in [1.165, 1.54) is 24.3 Å². The molecule has 3 amide bonds. The number of non-ortho nitro benzene ring substituents is 1. The zero-order valence-corrected chi connectivity index (χ0v) is 39.3. The number of benzene rings is 5. The minimum atomic E-state index is -0.747. The Balaban J connectivity index is 0.000000182. The lowest BCUT2D eigenvalue weighted by Gasteiger charge is -2.31. The van der Waals surface area contributed by atoms with Crippen LogP contribution >= 0.6 is 12.4 Å². The van der Waals surface area contributed by atoms with E-state index in [1.54, 1.807) is 24.3 Å². The number of hydrogen-bond donors (Lipinski definition) is 7. The summed E-state index contributed by atoms with van der Waals surface area (Å²) in [5.41, 5.74) is 3.28. The van der Waals surface area contributed by atoms with Crippen LogP contribution in [0.5, 0.6) is 0 Å². The van der Waals surface area contributed by atoms with Crippen molar-refractivity contribution >= 4 is 41.8 Å². The Bertz CT molecular complexity index is 2340. The second kappa shape index (κ2) is 28.9. The van der Waals surface area contributed by atoms with Gasteiger partial charge >= 0.3 is 5.97 Å². The third kappa shape index (κ3) is 17.3. The molecule has 0 bridgehead atoms. The molecule has 0 unspecified atom stereocenters. The van der Waals surface area contributed by atoms with E-state index in [9.17, 15) is 44.6 Å². The summed E-state index contributed by atoms with van der Waals surface area (Å²) in [7, 11) is 0. The topological polar surface area (TPSA) is 266 Å². The Morgan fingerprint density at radius 3 is 1.28 bits per heavy atom. The molecule has 4 heterocycles. The monoisotopic (exact) mass is 999 g/mol. The number of nitrogens with zero attached hydrogens (tertiary/aromatic N) is 1. The van der Waals surface area contributed by atoms with Crippen LogP contribution in [0.3, 0.4) is 0 Å². The molecule has 71 heavy (non-hydrogen) atoms. The van der Waals surface area contributed by atoms with Gasteiger partial charge in [-0.25, -0.2) is 4.79 Å². The number of aliphatic hydroxyl groups excluding tert-OH is 3. The maximum Gasteiger partial charge on any atom is 0.338 e. The van der Waals surface area contributed by atoms with Crippen LogP contribution in [-0.2, 0) is 38.1 Å². The quantitative estimate of drug-likeness (QED) is 0.0566. The van der Waals surface area contributed by atoms with Crippen LogP contribution in [-0.4, -0.2) is 128 Å². The number of nitro groups is 1. The number of esters is 1. The first-order valence-electron chi connectivity index (χ1n) is 22.6. The van der Waals surface area contributed by atoms with Gasteiger partial charge in [-0.05, 0) is 34.4 Å². The average molecular weight is 1000 g/mol. The van der Waals surface area contributed by atoms with Gasteiger partial charge in [0.2, 0.25) is 17.7 Å². The third-order valence-corrected chi connectivity index (χ3v) is 11.2. The highest BCUT2D eigenvalue weighted by Crippen LogP contribution is 2.26. The molecule has 9 rings (SSSR count). The number of nitro benzene ring substituents is 1. The molecular formula is C51H58ClN5O14. The zero-order chi connectivity index (χ0) is 49.7. The van der Waals surface area contributed by atoms with E-state index in [1.807, 2.05) is 97.1 Å². The van der Waals surface area contributed by atoms with Crippen molar-refractivity contribution in [1.29, 1.82) is 0 Å². The number of halogens is 1. The van der Waals surface area contributed by atoms with Crippen LogP contribution in [0.15, 0.2) is 146 Å². The Hall–Kier alpha value is -6.65. The summed E-state index contributed by atoms with van der Waals surface area (Å²) in [6, 6.07) is 41.1. The fourth-order valence-electron chi connectivity index (χ4n) is 7.57. The summed E-state index contributed by atoms with van der Waals surface area (Å²) < 4.78 is 26.3. The lowest BCUT2D eigenvalue weighted by atomic mass is 10.0. The maximum absolute atomic E-state index is 12.5. The van der Waals surface area contributed by atoms with Gasteiger partial charge in [-0.1, -0.05) is 121 Å². The second-order valence-corrected chi connectivity index (χ2v) is 16.3. The van der Waals surface area contributed by atoms with E-state index in [-0.39, 0.29) is 85.9 Å². The number of hydrogen-bond acceptors (Lipinski definition) is 15. The van der Waals surface area contributed by atoms with E-state index in [0.717, 1.165) is 29.8 Å². The number of rotatable bonds is 11. The van der Waals surface area contributed by atoms with E-state index >= 15 is 0 Å². The molecule has 20 heteroatoms. The second-order valence-electron chi connectivity index (χ2n) is 16.3. The van der Waals surface area contributed by atoms with Gasteiger partial charge in [0.05, 0.1) is 73.8 Å². The molecule has 5 aromatic rings. The Morgan fingerprint density at radius 1 is 0.535 bits per heavy atom. The molecular weight excluding hydrogens is 942 g/mol. The Labute approximate surface area is 416 Å². The maximum atomic E-state index is 12.5. The number of nitrogens with one attached hydrogen (secondary N) is 4. The first kappa shape index (κ1) is 55.3. The first-order valence-corrected chi connectivity index (χ1v) is 22.6. The first-order chi connectivity index (χ1) is 34.0. The minimum absolute atomic E-state index is 0. The van der Waals surface area contributed by atoms with Crippen LogP contribution in [0.1, 0.15) is 57.0 Å². The van der Waals surface area contributed by atoms with Crippen molar-refractivity contribution in [2.24, 2.45) is 0 Å². The molecule has 5 aromatic carbocycles. The highest BCUT2D eigenvalue weighted by molar-refractivity contribution is 5.90. The van der Waals surface area contributed by atoms with Crippen LogP contribution in [0, 0.1) is 10.1 Å². The van der Waals surface area contributed by atoms with Crippen LogP contribution in [0.4, 0.5) is 5.69 Å². The highest BCUT2D eigenvalue weighted by Gasteiger charge is 2.32. The molecule has 0 saturated carbocycles. The number of ether oxygens (including phenoxy) is 5. The van der Waals surface area contributed by atoms with Crippen LogP contribution in [0.2, 0.25) is 0 Å². The standard InChI is InChI=1S/C18H16N2O6.2C11H13NO3.C11H15NO2.ClH/c21-16-11-25-10-15(19-16)17(12-4-2-1-3-5-12)26-18(22)13-6-8-14(9-7-13)20(23)24;2*13-10-7-15-6-9(12-10)11(14)8-4-2-1-3-5-8;13-11(9-4-2-1-3-5-9)10-8-14-7-6-12-10;/h1-9,15,17H,10-11H2,(H,19,21);2*1-5,9,11,14H,6-7H2,(H,12,13);1-5,10-13H,6-8H2;1H/t15-,17+;9-,11+;9-,11-;10-,11+;/m1111./s1. The molecule has 0 spiro atoms. The molecule has 378 valence electrons. The lowest BCUT2D eigenvalue weighted by Crippen LogP contribution is -2.49. The molecule has 19 nitrogen and oxygen atoms in total. The van der Waals surface area contributed by atoms with Crippen molar-refractivity contribution in [3.63, 3.8) is 0 Å². The van der Waals surface area contributed by atoms with Gasteiger partial charge in [-0.3, -0.25) is 24.5 Å². The highest BCUT2D eigenvalue weighted by atomic mass is 35.5. The average Bonchev–Trinajstić information content (AvgIpc) is 3.41. The summed E-state index contributed by atoms with van der Waals surface area (Å²) >= 11 is 0. The smallest absolute Gasteiger partial charge is 0.338 e. The molecule has 8 atom stereocenters. The van der Waals surface area contributed by atoms with Crippen LogP contribution < -0.4 is 21.3 Å². The number of carbonyl (C=O) groups is 4. The van der Waals surface area contributed by atoms with Crippen molar-refractivity contribution in [3.8, 4) is 0 Å². The number of aliphatic hydroxyl groups is 3. The fraction of sp³-hybridized carbons (Fsp3) is 0.333. The van der Waals surface area contributed by atoms with Gasteiger partial charge in [0.1, 0.15) is 38.1 Å². The summed E-state index contributed by atoms with van der Waals surface area (Å²) in [5.74, 6) is -1.29. The molecule has 4 aliphatic heterocycles. The summed E-state index contributed by atoms with van der Waals surface area (Å²) in [5, 5.41) is 52.1. The predicted molar refractivity (Wildman–Crippen MR) is 260 cm³/mol. The largest absolute Gasteiger partial charge is 0.452 e. The molecule has 0 aliphatic carbocycles. The van der Waals surface area contributed by atoms with Gasteiger partial charge in [-0.2, -0.15) is 0 Å². The van der Waals surface area contributed by atoms with Gasteiger partial charge in [0.15, 0.2) is 0 Å². The van der Waals surface area contributed by atoms with E-state index in [0.29, 0.717) is 25.4 Å². The van der Waals surface area contributed by atoms with E-state index < -0.39 is 41.4 Å². The van der Waals surface area contributed by atoms with Crippen molar-refractivity contribution in [1.82, 2.24) is 21.3 Å². The minimum Gasteiger partial charge on any atom is -0.452 e. The zero-order valence-electron chi connectivity index (χ0n) is 38.5. The summed E-state index contributed by atoms with van der Waals surface area (Å²) in [4.78, 5) is 56.4. The molecule has 0 aromatic heterocycles. The van der Waals surface area contributed by atoms with E-state index in [4.69, 9.17) is 23.7 Å². The van der Waals surface area contributed by atoms with Crippen molar-refractivity contribution in [2.75, 3.05) is 59.4 Å². The van der Waals surface area contributed by atoms with Gasteiger partial charge in [0, 0.05) is 18.7 Å². The number of morpholine rings is 4. The SMILES string of the molecule is Cl.O=C1COC[C@H]([C@@H](O)c2ccccc2)N1.O=C1COC[C@H]([C@@H](OC(=O)c2ccc([N+](=O)[O-])cc2)c2ccccc2)N1.O=C1COC[C@H]([C@H](O)c2ccccc2)N1.O[C@@H](c1ccccc1)[C@H]1COCCN1. The summed E-state index contributed by atoms with van der Waals surface area (Å²) in [6.07, 6.45) is -2.65. The number of amides is 3. The lowest BCUT2D eigenvalue weighted by molar-refractivity contribution is -0.384. The molecule has 4 fully saturated rings. The normalized spacial score (nSPS) is 21.2. The van der Waals surface area contributed by atoms with Crippen molar-refractivity contribution in [2.45, 2.75) is 48.6 Å². The molecule has 0 radical (unpaired) electrons. The van der Waals surface area contributed by atoms with Crippen LogP contribution in [0.25, 0.3) is 0 Å². The molecule has 4 saturated heterocycles. The number of carbonyl (C=O) groups excluding carboxylic acids is 4.